The molecule has 0 spiro atoms. The number of rotatable bonds is 5. The fraction of sp³-hybridized carbons (Fsp3) is 0.909. The van der Waals surface area contributed by atoms with Gasteiger partial charge in [-0.15, -0.1) is 0 Å². The van der Waals surface area contributed by atoms with Gasteiger partial charge in [-0.25, -0.2) is 4.79 Å². The zero-order valence-corrected chi connectivity index (χ0v) is 9.67. The van der Waals surface area contributed by atoms with Gasteiger partial charge in [0.05, 0.1) is 0 Å². The molecule has 3 N–H and O–H groups in total. The number of carbonyl (C=O) groups excluding carboxylic acids is 1. The molecular weight excluding hydrogens is 190 g/mol. The van der Waals surface area contributed by atoms with Gasteiger partial charge in [0.2, 0.25) is 0 Å². The maximum absolute atomic E-state index is 11.8. The van der Waals surface area contributed by atoms with Gasteiger partial charge in [-0.2, -0.15) is 0 Å². The van der Waals surface area contributed by atoms with Crippen LogP contribution in [-0.2, 0) is 0 Å². The predicted molar refractivity (Wildman–Crippen MR) is 61.7 cm³/mol. The molecule has 1 fully saturated rings. The Bertz CT molecular complexity index is 190. The van der Waals surface area contributed by atoms with E-state index in [0.29, 0.717) is 19.1 Å². The summed E-state index contributed by atoms with van der Waals surface area (Å²) in [7, 11) is 0. The number of hydrogen-bond donors (Lipinski definition) is 2. The van der Waals surface area contributed by atoms with Gasteiger partial charge in [0.15, 0.2) is 0 Å². The highest BCUT2D eigenvalue weighted by Crippen LogP contribution is 2.23. The Morgan fingerprint density at radius 1 is 1.47 bits per heavy atom. The van der Waals surface area contributed by atoms with Crippen LogP contribution in [0.4, 0.5) is 4.79 Å². The van der Waals surface area contributed by atoms with Crippen molar-refractivity contribution in [2.24, 2.45) is 5.73 Å². The average Bonchev–Trinajstić information content (AvgIpc) is 2.75. The number of hydrogen-bond acceptors (Lipinski definition) is 2. The smallest absolute Gasteiger partial charge is 0.317 e. The minimum atomic E-state index is 0.0641. The molecule has 4 heteroatoms. The van der Waals surface area contributed by atoms with E-state index >= 15 is 0 Å². The molecule has 0 heterocycles. The van der Waals surface area contributed by atoms with Gasteiger partial charge >= 0.3 is 6.03 Å². The summed E-state index contributed by atoms with van der Waals surface area (Å²) in [6.45, 7) is 4.05. The number of urea groups is 1. The summed E-state index contributed by atoms with van der Waals surface area (Å²) in [5.74, 6) is 0. The molecule has 0 atom stereocenters. The first kappa shape index (κ1) is 12.3. The summed E-state index contributed by atoms with van der Waals surface area (Å²) in [5.41, 5.74) is 5.54. The van der Waals surface area contributed by atoms with Crippen molar-refractivity contribution in [3.05, 3.63) is 0 Å². The fourth-order valence-corrected chi connectivity index (χ4v) is 2.14. The first-order chi connectivity index (χ1) is 7.29. The SMILES string of the molecule is CCCNC(=O)N(CCN)C1CCCC1. The Morgan fingerprint density at radius 2 is 2.13 bits per heavy atom. The predicted octanol–water partition coefficient (Wildman–Crippen LogP) is 1.31. The number of amides is 2. The number of nitrogens with one attached hydrogen (secondary N) is 1. The second-order valence-corrected chi connectivity index (χ2v) is 4.15. The molecule has 15 heavy (non-hydrogen) atoms. The van der Waals surface area contributed by atoms with Gasteiger partial charge < -0.3 is 16.0 Å². The Morgan fingerprint density at radius 3 is 2.67 bits per heavy atom. The van der Waals surface area contributed by atoms with Crippen molar-refractivity contribution in [2.45, 2.75) is 45.1 Å². The van der Waals surface area contributed by atoms with Gasteiger partial charge in [0.1, 0.15) is 0 Å². The Kier molecular flexibility index (Phi) is 5.47. The van der Waals surface area contributed by atoms with Crippen LogP contribution in [-0.4, -0.2) is 36.6 Å². The van der Waals surface area contributed by atoms with Crippen molar-refractivity contribution >= 4 is 6.03 Å². The van der Waals surface area contributed by atoms with Crippen molar-refractivity contribution in [1.29, 1.82) is 0 Å². The molecule has 1 rings (SSSR count). The van der Waals surface area contributed by atoms with Crippen molar-refractivity contribution in [3.63, 3.8) is 0 Å². The molecule has 0 unspecified atom stereocenters. The third-order valence-electron chi connectivity index (χ3n) is 2.92. The summed E-state index contributed by atoms with van der Waals surface area (Å²) in [4.78, 5) is 13.8. The van der Waals surface area contributed by atoms with E-state index in [9.17, 15) is 4.79 Å². The lowest BCUT2D eigenvalue weighted by Gasteiger charge is -2.28. The quantitative estimate of drug-likeness (QED) is 0.723. The number of nitrogens with two attached hydrogens (primary N) is 1. The van der Waals surface area contributed by atoms with Crippen LogP contribution in [0.2, 0.25) is 0 Å². The summed E-state index contributed by atoms with van der Waals surface area (Å²) >= 11 is 0. The highest BCUT2D eigenvalue weighted by atomic mass is 16.2. The highest BCUT2D eigenvalue weighted by Gasteiger charge is 2.25. The molecule has 0 radical (unpaired) electrons. The lowest BCUT2D eigenvalue weighted by Crippen LogP contribution is -2.47. The molecule has 0 bridgehead atoms. The van der Waals surface area contributed by atoms with Crippen LogP contribution in [0.1, 0.15) is 39.0 Å². The van der Waals surface area contributed by atoms with Crippen LogP contribution >= 0.6 is 0 Å². The highest BCUT2D eigenvalue weighted by molar-refractivity contribution is 5.74. The van der Waals surface area contributed by atoms with Crippen LogP contribution in [0.25, 0.3) is 0 Å². The summed E-state index contributed by atoms with van der Waals surface area (Å²) in [5, 5.41) is 2.93. The zero-order valence-electron chi connectivity index (χ0n) is 9.67. The van der Waals surface area contributed by atoms with E-state index in [1.807, 2.05) is 4.90 Å². The largest absolute Gasteiger partial charge is 0.338 e. The lowest BCUT2D eigenvalue weighted by atomic mass is 10.2. The van der Waals surface area contributed by atoms with Gasteiger partial charge in [0, 0.05) is 25.7 Å². The van der Waals surface area contributed by atoms with Crippen LogP contribution in [0, 0.1) is 0 Å². The molecule has 2 amide bonds. The van der Waals surface area contributed by atoms with E-state index in [4.69, 9.17) is 5.73 Å². The Labute approximate surface area is 92.2 Å². The van der Waals surface area contributed by atoms with Crippen molar-refractivity contribution in [1.82, 2.24) is 10.2 Å². The maximum atomic E-state index is 11.8. The number of nitrogens with zero attached hydrogens (tertiary/aromatic N) is 1. The molecule has 0 saturated heterocycles. The Hall–Kier alpha value is -0.770. The molecule has 1 aliphatic carbocycles. The van der Waals surface area contributed by atoms with E-state index in [1.54, 1.807) is 0 Å². The third-order valence-corrected chi connectivity index (χ3v) is 2.92. The maximum Gasteiger partial charge on any atom is 0.317 e. The summed E-state index contributed by atoms with van der Waals surface area (Å²) < 4.78 is 0. The second-order valence-electron chi connectivity index (χ2n) is 4.15. The molecule has 0 aliphatic heterocycles. The first-order valence-corrected chi connectivity index (χ1v) is 6.04. The fourth-order valence-electron chi connectivity index (χ4n) is 2.14. The van der Waals surface area contributed by atoms with Crippen molar-refractivity contribution in [3.8, 4) is 0 Å². The van der Waals surface area contributed by atoms with Gasteiger partial charge in [0.25, 0.3) is 0 Å². The van der Waals surface area contributed by atoms with E-state index < -0.39 is 0 Å². The van der Waals surface area contributed by atoms with Gasteiger partial charge in [-0.3, -0.25) is 0 Å². The molecule has 4 nitrogen and oxygen atoms in total. The topological polar surface area (TPSA) is 58.4 Å². The molecule has 88 valence electrons. The van der Waals surface area contributed by atoms with E-state index in [1.165, 1.54) is 12.8 Å². The Balaban J connectivity index is 2.43. The normalized spacial score (nSPS) is 16.7. The molecule has 0 aromatic carbocycles. The first-order valence-electron chi connectivity index (χ1n) is 6.04. The molecule has 0 aromatic rings. The summed E-state index contributed by atoms with van der Waals surface area (Å²) in [6, 6.07) is 0.486. The monoisotopic (exact) mass is 213 g/mol. The van der Waals surface area contributed by atoms with Crippen LogP contribution in [0.15, 0.2) is 0 Å². The van der Waals surface area contributed by atoms with Gasteiger partial charge in [-0.05, 0) is 19.3 Å². The van der Waals surface area contributed by atoms with Crippen molar-refractivity contribution in [2.75, 3.05) is 19.6 Å². The zero-order chi connectivity index (χ0) is 11.1. The van der Waals surface area contributed by atoms with Crippen LogP contribution in [0.5, 0.6) is 0 Å². The average molecular weight is 213 g/mol. The molecular formula is C11H23N3O. The van der Waals surface area contributed by atoms with Crippen LogP contribution < -0.4 is 11.1 Å². The van der Waals surface area contributed by atoms with Crippen LogP contribution in [0.3, 0.4) is 0 Å². The van der Waals surface area contributed by atoms with E-state index in [-0.39, 0.29) is 6.03 Å². The van der Waals surface area contributed by atoms with E-state index in [2.05, 4.69) is 12.2 Å². The molecule has 1 saturated carbocycles. The minimum absolute atomic E-state index is 0.0641. The van der Waals surface area contributed by atoms with Gasteiger partial charge in [-0.1, -0.05) is 19.8 Å². The van der Waals surface area contributed by atoms with Crippen molar-refractivity contribution < 1.29 is 4.79 Å². The minimum Gasteiger partial charge on any atom is -0.338 e. The summed E-state index contributed by atoms with van der Waals surface area (Å²) in [6.07, 6.45) is 5.74. The standard InChI is InChI=1S/C11H23N3O/c1-2-8-13-11(15)14(9-7-12)10-5-3-4-6-10/h10H,2-9,12H2,1H3,(H,13,15). The third kappa shape index (κ3) is 3.70. The van der Waals surface area contributed by atoms with E-state index in [0.717, 1.165) is 25.8 Å². The number of carbonyl (C=O) groups is 1. The molecule has 1 aliphatic rings. The molecule has 0 aromatic heterocycles. The second kappa shape index (κ2) is 6.67. The lowest BCUT2D eigenvalue weighted by molar-refractivity contribution is 0.177.